The Labute approximate surface area is 348 Å². The van der Waals surface area contributed by atoms with Crippen LogP contribution in [0.1, 0.15) is 109 Å². The Bertz CT molecular complexity index is 1650. The summed E-state index contributed by atoms with van der Waals surface area (Å²) >= 11 is 0. The molecule has 0 spiro atoms. The second-order valence-corrected chi connectivity index (χ2v) is 18.7. The number of methoxy groups -OCH3 is 1. The minimum Gasteiger partial charge on any atom is -0.460 e. The highest BCUT2D eigenvalue weighted by molar-refractivity contribution is 7.49. The van der Waals surface area contributed by atoms with E-state index in [-0.39, 0.29) is 81.4 Å². The summed E-state index contributed by atoms with van der Waals surface area (Å²) in [5.41, 5.74) is 7.85. The van der Waals surface area contributed by atoms with Gasteiger partial charge in [0.2, 0.25) is 17.7 Å². The maximum Gasteiger partial charge on any atom is 0.530 e. The van der Waals surface area contributed by atoms with E-state index >= 15 is 0 Å². The van der Waals surface area contributed by atoms with Crippen molar-refractivity contribution in [1.82, 2.24) is 10.6 Å². The molecule has 3 amide bonds. The Hall–Kier alpha value is -3.11. The number of phosphoric acid groups is 1. The molecule has 0 aliphatic heterocycles. The zero-order valence-corrected chi connectivity index (χ0v) is 36.4. The summed E-state index contributed by atoms with van der Waals surface area (Å²) in [5.74, 6) is -0.937. The Morgan fingerprint density at radius 2 is 1.64 bits per heavy atom. The average Bonchev–Trinajstić information content (AvgIpc) is 3.49. The molecule has 9 unspecified atom stereocenters. The molecule has 4 aliphatic carbocycles. The van der Waals surface area contributed by atoms with Crippen LogP contribution in [0.5, 0.6) is 5.75 Å². The quantitative estimate of drug-likeness (QED) is 0.0763. The van der Waals surface area contributed by atoms with E-state index in [0.29, 0.717) is 36.3 Å². The van der Waals surface area contributed by atoms with Gasteiger partial charge < -0.3 is 44.9 Å². The Morgan fingerprint density at radius 1 is 0.932 bits per heavy atom. The summed E-state index contributed by atoms with van der Waals surface area (Å²) < 4.78 is 52.8. The van der Waals surface area contributed by atoms with Crippen LogP contribution in [0.15, 0.2) is 18.2 Å². The van der Waals surface area contributed by atoms with Crippen molar-refractivity contribution in [3.63, 3.8) is 0 Å². The molecule has 16 nitrogen and oxygen atoms in total. The number of phosphoric ester groups is 1. The van der Waals surface area contributed by atoms with Crippen molar-refractivity contribution in [2.24, 2.45) is 28.9 Å². The van der Waals surface area contributed by atoms with Crippen molar-refractivity contribution in [3.8, 4) is 5.75 Å². The minimum atomic E-state index is -3.79. The number of ether oxygens (including phenoxy) is 4. The summed E-state index contributed by atoms with van der Waals surface area (Å²) in [6.07, 6.45) is 3.93. The fourth-order valence-electron chi connectivity index (χ4n) is 9.84. The highest BCUT2D eigenvalue weighted by Gasteiger charge is 2.56. The van der Waals surface area contributed by atoms with E-state index in [1.165, 1.54) is 18.2 Å². The van der Waals surface area contributed by atoms with Gasteiger partial charge in [0, 0.05) is 31.9 Å². The number of rotatable bonds is 21. The molecule has 9 atom stereocenters. The number of amides is 3. The van der Waals surface area contributed by atoms with Gasteiger partial charge in [-0.1, -0.05) is 13.0 Å². The lowest BCUT2D eigenvalue weighted by Gasteiger charge is -2.50. The number of hydrogen-bond acceptors (Lipinski definition) is 13. The summed E-state index contributed by atoms with van der Waals surface area (Å²) in [5, 5.41) is 15.9. The average molecular weight is 852 g/mol. The molecule has 0 radical (unpaired) electrons. The van der Waals surface area contributed by atoms with Gasteiger partial charge in [0.1, 0.15) is 18.5 Å². The summed E-state index contributed by atoms with van der Waals surface area (Å²) in [6.45, 7) is 10.2. The molecule has 0 aromatic heterocycles. The first-order valence-electron chi connectivity index (χ1n) is 21.2. The van der Waals surface area contributed by atoms with Gasteiger partial charge in [-0.15, -0.1) is 0 Å². The smallest absolute Gasteiger partial charge is 0.460 e. The van der Waals surface area contributed by atoms with Crippen molar-refractivity contribution in [1.29, 1.82) is 0 Å². The molecular formula is C42H66N3O13P. The number of nitrogens with one attached hydrogen (secondary N) is 2. The highest BCUT2D eigenvalue weighted by Crippen LogP contribution is 2.62. The van der Waals surface area contributed by atoms with E-state index in [0.717, 1.165) is 38.5 Å². The molecule has 0 bridgehead atoms. The SMILES string of the molecule is COC1CCC(NC(=O)CCC(=O)NCCOCCOCC(=O)OC2CCC3C4CCc5cc(OP(=O)(OC(C)C)OC(C)C)ccc5C4CCC23C)C(O)C1C(N)=O. The van der Waals surface area contributed by atoms with Gasteiger partial charge >= 0.3 is 13.8 Å². The van der Waals surface area contributed by atoms with Gasteiger partial charge in [0.25, 0.3) is 0 Å². The van der Waals surface area contributed by atoms with Crippen molar-refractivity contribution < 1.29 is 61.4 Å². The Balaban J connectivity index is 0.957. The van der Waals surface area contributed by atoms with Crippen LogP contribution in [0.2, 0.25) is 0 Å². The number of fused-ring (bicyclic) bond motifs is 5. The lowest BCUT2D eigenvalue weighted by atomic mass is 9.55. The number of nitrogens with two attached hydrogens (primary N) is 1. The van der Waals surface area contributed by atoms with Gasteiger partial charge in [-0.05, 0) is 120 Å². The monoisotopic (exact) mass is 851 g/mol. The molecule has 5 rings (SSSR count). The van der Waals surface area contributed by atoms with Crippen molar-refractivity contribution in [2.75, 3.05) is 40.1 Å². The van der Waals surface area contributed by atoms with Crippen LogP contribution in [0.4, 0.5) is 0 Å². The third kappa shape index (κ3) is 12.3. The van der Waals surface area contributed by atoms with E-state index in [1.54, 1.807) is 27.7 Å². The maximum absolute atomic E-state index is 13.4. The van der Waals surface area contributed by atoms with Gasteiger partial charge in [0.15, 0.2) is 0 Å². The molecular weight excluding hydrogens is 785 g/mol. The molecule has 5 N–H and O–H groups in total. The first kappa shape index (κ1) is 46.9. The van der Waals surface area contributed by atoms with Crippen LogP contribution >= 0.6 is 7.82 Å². The van der Waals surface area contributed by atoms with E-state index in [4.69, 9.17) is 38.3 Å². The van der Waals surface area contributed by atoms with E-state index in [1.807, 2.05) is 12.1 Å². The third-order valence-corrected chi connectivity index (χ3v) is 14.2. The molecule has 1 aromatic rings. The summed E-state index contributed by atoms with van der Waals surface area (Å²) in [4.78, 5) is 49.3. The standard InChI is InChI=1S/C42H66N3O13P/c1-25(2)56-59(51,57-26(3)4)58-28-8-10-29-27(23-28)7-9-31-30(29)17-18-42(5)32(31)11-14-35(42)55-38(48)24-54-22-21-53-20-19-44-36(46)15-16-37(47)45-33-12-13-34(52-6)39(40(33)49)41(43)50/h8,10,23,25-26,30-35,39-40,49H,7,9,11-22,24H2,1-6H3,(H2,43,50)(H,44,46)(H,45,47). The van der Waals surface area contributed by atoms with Crippen LogP contribution < -0.4 is 20.9 Å². The predicted molar refractivity (Wildman–Crippen MR) is 216 cm³/mol. The van der Waals surface area contributed by atoms with Crippen LogP contribution in [-0.4, -0.2) is 105 Å². The number of aliphatic hydroxyl groups excluding tert-OH is 1. The number of hydrogen-bond donors (Lipinski definition) is 4. The van der Waals surface area contributed by atoms with Crippen molar-refractivity contribution in [2.45, 2.75) is 141 Å². The second kappa shape index (κ2) is 21.1. The molecule has 3 saturated carbocycles. The van der Waals surface area contributed by atoms with Crippen molar-refractivity contribution in [3.05, 3.63) is 29.3 Å². The first-order chi connectivity index (χ1) is 28.0. The molecule has 3 fully saturated rings. The molecule has 1 aromatic carbocycles. The van der Waals surface area contributed by atoms with Gasteiger partial charge in [-0.3, -0.25) is 23.4 Å². The number of esters is 1. The molecule has 332 valence electrons. The predicted octanol–water partition coefficient (Wildman–Crippen LogP) is 4.48. The minimum absolute atomic E-state index is 0.0529. The Kier molecular flexibility index (Phi) is 16.8. The fraction of sp³-hybridized carbons (Fsp3) is 0.762. The topological polar surface area (TPSA) is 220 Å². The molecule has 59 heavy (non-hydrogen) atoms. The molecule has 4 aliphatic rings. The molecule has 17 heteroatoms. The first-order valence-corrected chi connectivity index (χ1v) is 22.7. The molecule has 0 saturated heterocycles. The van der Waals surface area contributed by atoms with Crippen LogP contribution in [0.25, 0.3) is 0 Å². The fourth-order valence-corrected chi connectivity index (χ4v) is 11.4. The lowest BCUT2D eigenvalue weighted by Crippen LogP contribution is -2.57. The summed E-state index contributed by atoms with van der Waals surface area (Å²) in [7, 11) is -2.34. The maximum atomic E-state index is 13.4. The van der Waals surface area contributed by atoms with E-state index < -0.39 is 43.8 Å². The zero-order valence-electron chi connectivity index (χ0n) is 35.5. The van der Waals surface area contributed by atoms with E-state index in [9.17, 15) is 28.8 Å². The normalized spacial score (nSPS) is 29.0. The largest absolute Gasteiger partial charge is 0.530 e. The summed E-state index contributed by atoms with van der Waals surface area (Å²) in [6, 6.07) is 5.32. The highest BCUT2D eigenvalue weighted by atomic mass is 31.2. The van der Waals surface area contributed by atoms with E-state index in [2.05, 4.69) is 23.6 Å². The van der Waals surface area contributed by atoms with Gasteiger partial charge in [-0.2, -0.15) is 0 Å². The Morgan fingerprint density at radius 3 is 2.34 bits per heavy atom. The van der Waals surface area contributed by atoms with Crippen LogP contribution in [-0.2, 0) is 58.2 Å². The van der Waals surface area contributed by atoms with Crippen LogP contribution in [0, 0.1) is 23.2 Å². The number of carbonyl (C=O) groups excluding carboxylic acids is 4. The number of carbonyl (C=O) groups is 4. The zero-order chi connectivity index (χ0) is 42.9. The van der Waals surface area contributed by atoms with Gasteiger partial charge in [-0.25, -0.2) is 9.36 Å². The van der Waals surface area contributed by atoms with Crippen molar-refractivity contribution >= 4 is 31.5 Å². The molecule has 0 heterocycles. The third-order valence-electron chi connectivity index (χ3n) is 12.4. The van der Waals surface area contributed by atoms with Crippen LogP contribution in [0.3, 0.4) is 0 Å². The number of aliphatic hydroxyl groups is 1. The lowest BCUT2D eigenvalue weighted by molar-refractivity contribution is -0.163. The number of benzene rings is 1. The number of primary amides is 1. The number of aryl methyl sites for hydroxylation is 1. The van der Waals surface area contributed by atoms with Gasteiger partial charge in [0.05, 0.1) is 56.2 Å². The second-order valence-electron chi connectivity index (χ2n) is 17.2.